The van der Waals surface area contributed by atoms with Gasteiger partial charge in [0.05, 0.1) is 17.1 Å². The number of nitrogens with two attached hydrogens (primary N) is 1. The van der Waals surface area contributed by atoms with Crippen LogP contribution in [-0.4, -0.2) is 33.6 Å². The molecule has 1 atom stereocenters. The Morgan fingerprint density at radius 2 is 1.95 bits per heavy atom. The molecule has 1 aromatic carbocycles. The van der Waals surface area contributed by atoms with E-state index in [0.29, 0.717) is 5.56 Å². The molecule has 1 aromatic rings. The number of esters is 1. The minimum Gasteiger partial charge on any atom is -0.462 e. The summed E-state index contributed by atoms with van der Waals surface area (Å²) in [4.78, 5) is 11.5. The molecule has 7 heteroatoms. The third-order valence-corrected chi connectivity index (χ3v) is 3.99. The number of ether oxygens (including phenoxy) is 1. The van der Waals surface area contributed by atoms with Gasteiger partial charge in [0.15, 0.2) is 0 Å². The van der Waals surface area contributed by atoms with Gasteiger partial charge in [-0.05, 0) is 38.1 Å². The molecule has 3 N–H and O–H groups in total. The first-order valence-electron chi connectivity index (χ1n) is 5.90. The zero-order valence-corrected chi connectivity index (χ0v) is 11.7. The van der Waals surface area contributed by atoms with Gasteiger partial charge in [0.2, 0.25) is 10.0 Å². The highest BCUT2D eigenvalue weighted by Crippen LogP contribution is 2.11. The lowest BCUT2D eigenvalue weighted by Crippen LogP contribution is -2.37. The lowest BCUT2D eigenvalue weighted by Gasteiger charge is -2.12. The number of carbonyl (C=O) groups is 1. The van der Waals surface area contributed by atoms with E-state index in [4.69, 9.17) is 10.5 Å². The van der Waals surface area contributed by atoms with Gasteiger partial charge in [-0.2, -0.15) is 0 Å². The topological polar surface area (TPSA) is 98.5 Å². The molecular formula is C12H18N2O4S. The predicted octanol–water partition coefficient (Wildman–Crippen LogP) is 0.489. The maximum Gasteiger partial charge on any atom is 0.338 e. The molecule has 0 amide bonds. The molecule has 0 bridgehead atoms. The molecule has 0 spiro atoms. The molecule has 6 nitrogen and oxygen atoms in total. The lowest BCUT2D eigenvalue weighted by atomic mass is 10.2. The van der Waals surface area contributed by atoms with Crippen molar-refractivity contribution in [1.29, 1.82) is 0 Å². The van der Waals surface area contributed by atoms with Crippen molar-refractivity contribution in [3.05, 3.63) is 29.8 Å². The van der Waals surface area contributed by atoms with Crippen molar-refractivity contribution in [1.82, 2.24) is 4.72 Å². The van der Waals surface area contributed by atoms with Crippen LogP contribution in [0.15, 0.2) is 29.2 Å². The van der Waals surface area contributed by atoms with Crippen LogP contribution in [0.25, 0.3) is 0 Å². The minimum atomic E-state index is -3.61. The summed E-state index contributed by atoms with van der Waals surface area (Å²) >= 11 is 0. The van der Waals surface area contributed by atoms with Gasteiger partial charge < -0.3 is 10.5 Å². The fraction of sp³-hybridized carbons (Fsp3) is 0.417. The number of benzene rings is 1. The van der Waals surface area contributed by atoms with Gasteiger partial charge >= 0.3 is 5.97 Å². The van der Waals surface area contributed by atoms with Crippen molar-refractivity contribution in [3.8, 4) is 0 Å². The van der Waals surface area contributed by atoms with Crippen molar-refractivity contribution >= 4 is 16.0 Å². The number of hydrogen-bond donors (Lipinski definition) is 2. The summed E-state index contributed by atoms with van der Waals surface area (Å²) in [5.41, 5.74) is 5.68. The Morgan fingerprint density at radius 1 is 1.37 bits per heavy atom. The molecule has 0 radical (unpaired) electrons. The maximum absolute atomic E-state index is 11.9. The fourth-order valence-corrected chi connectivity index (χ4v) is 2.62. The Bertz CT molecular complexity index is 525. The predicted molar refractivity (Wildman–Crippen MR) is 71.2 cm³/mol. The molecule has 0 aliphatic carbocycles. The largest absolute Gasteiger partial charge is 0.462 e. The minimum absolute atomic E-state index is 0.0841. The van der Waals surface area contributed by atoms with Crippen molar-refractivity contribution in [2.24, 2.45) is 5.73 Å². The zero-order chi connectivity index (χ0) is 14.5. The van der Waals surface area contributed by atoms with Crippen LogP contribution in [0.5, 0.6) is 0 Å². The molecule has 19 heavy (non-hydrogen) atoms. The Kier molecular flexibility index (Phi) is 5.46. The fourth-order valence-electron chi connectivity index (χ4n) is 1.37. The normalized spacial score (nSPS) is 13.0. The van der Waals surface area contributed by atoms with Gasteiger partial charge in [0, 0.05) is 12.6 Å². The van der Waals surface area contributed by atoms with E-state index < -0.39 is 16.0 Å². The van der Waals surface area contributed by atoms with Crippen LogP contribution in [0.3, 0.4) is 0 Å². The smallest absolute Gasteiger partial charge is 0.338 e. The monoisotopic (exact) mass is 286 g/mol. The second kappa shape index (κ2) is 6.65. The standard InChI is InChI=1S/C12H18N2O4S/c1-3-18-12(15)10-4-6-11(7-5-10)19(16,17)14-9(2)8-13/h4-7,9,14H,3,8,13H2,1-2H3/t9-/m0/s1. The Hall–Kier alpha value is -1.44. The Morgan fingerprint density at radius 3 is 2.42 bits per heavy atom. The highest BCUT2D eigenvalue weighted by Gasteiger charge is 2.17. The highest BCUT2D eigenvalue weighted by atomic mass is 32.2. The molecule has 0 aliphatic rings. The van der Waals surface area contributed by atoms with Gasteiger partial charge in [-0.15, -0.1) is 0 Å². The van der Waals surface area contributed by atoms with E-state index in [1.807, 2.05) is 0 Å². The van der Waals surface area contributed by atoms with E-state index in [2.05, 4.69) is 4.72 Å². The van der Waals surface area contributed by atoms with Gasteiger partial charge in [0.1, 0.15) is 0 Å². The summed E-state index contributed by atoms with van der Waals surface area (Å²) in [6, 6.07) is 5.20. The second-order valence-electron chi connectivity index (χ2n) is 4.00. The van der Waals surface area contributed by atoms with Crippen molar-refractivity contribution in [3.63, 3.8) is 0 Å². The van der Waals surface area contributed by atoms with Crippen LogP contribution in [0.4, 0.5) is 0 Å². The molecule has 0 aliphatic heterocycles. The van der Waals surface area contributed by atoms with Crippen LogP contribution in [-0.2, 0) is 14.8 Å². The molecule has 0 saturated carbocycles. The summed E-state index contributed by atoms with van der Waals surface area (Å²) in [5.74, 6) is -0.477. The van der Waals surface area contributed by atoms with Gasteiger partial charge in [-0.1, -0.05) is 0 Å². The van der Waals surface area contributed by atoms with Crippen LogP contribution < -0.4 is 10.5 Å². The average Bonchev–Trinajstić information content (AvgIpc) is 2.38. The molecule has 0 aromatic heterocycles. The number of sulfonamides is 1. The first-order valence-corrected chi connectivity index (χ1v) is 7.38. The SMILES string of the molecule is CCOC(=O)c1ccc(S(=O)(=O)N[C@@H](C)CN)cc1. The third-order valence-electron chi connectivity index (χ3n) is 2.39. The van der Waals surface area contributed by atoms with E-state index >= 15 is 0 Å². The molecule has 1 rings (SSSR count). The van der Waals surface area contributed by atoms with Gasteiger partial charge in [0.25, 0.3) is 0 Å². The van der Waals surface area contributed by atoms with E-state index in [1.54, 1.807) is 13.8 Å². The Balaban J connectivity index is 2.89. The highest BCUT2D eigenvalue weighted by molar-refractivity contribution is 7.89. The van der Waals surface area contributed by atoms with Crippen LogP contribution in [0.2, 0.25) is 0 Å². The van der Waals surface area contributed by atoms with Crippen molar-refractivity contribution in [2.75, 3.05) is 13.2 Å². The summed E-state index contributed by atoms with van der Waals surface area (Å²) in [6.07, 6.45) is 0. The maximum atomic E-state index is 11.9. The quantitative estimate of drug-likeness (QED) is 0.741. The lowest BCUT2D eigenvalue weighted by molar-refractivity contribution is 0.0526. The van der Waals surface area contributed by atoms with E-state index in [0.717, 1.165) is 0 Å². The van der Waals surface area contributed by atoms with Crippen molar-refractivity contribution < 1.29 is 17.9 Å². The van der Waals surface area contributed by atoms with Gasteiger partial charge in [-0.25, -0.2) is 17.9 Å². The van der Waals surface area contributed by atoms with Crippen LogP contribution in [0.1, 0.15) is 24.2 Å². The zero-order valence-electron chi connectivity index (χ0n) is 10.9. The molecule has 0 heterocycles. The van der Waals surface area contributed by atoms with Crippen LogP contribution >= 0.6 is 0 Å². The second-order valence-corrected chi connectivity index (χ2v) is 5.72. The summed E-state index contributed by atoms with van der Waals surface area (Å²) in [6.45, 7) is 3.86. The number of rotatable bonds is 6. The van der Waals surface area contributed by atoms with Crippen molar-refractivity contribution in [2.45, 2.75) is 24.8 Å². The molecular weight excluding hydrogens is 268 g/mol. The summed E-state index contributed by atoms with van der Waals surface area (Å²) < 4.78 is 31.1. The Labute approximate surface area is 113 Å². The van der Waals surface area contributed by atoms with E-state index in [1.165, 1.54) is 24.3 Å². The average molecular weight is 286 g/mol. The summed E-state index contributed by atoms with van der Waals surface area (Å²) in [5, 5.41) is 0. The molecule has 0 unspecified atom stereocenters. The van der Waals surface area contributed by atoms with Gasteiger partial charge in [-0.3, -0.25) is 0 Å². The number of carbonyl (C=O) groups excluding carboxylic acids is 1. The molecule has 106 valence electrons. The van der Waals surface area contributed by atoms with E-state index in [9.17, 15) is 13.2 Å². The third kappa shape index (κ3) is 4.30. The van der Waals surface area contributed by atoms with Crippen LogP contribution in [0, 0.1) is 0 Å². The number of nitrogens with one attached hydrogen (secondary N) is 1. The van der Waals surface area contributed by atoms with E-state index in [-0.39, 0.29) is 24.1 Å². The first kappa shape index (κ1) is 15.6. The molecule has 0 saturated heterocycles. The number of hydrogen-bond acceptors (Lipinski definition) is 5. The first-order chi connectivity index (χ1) is 8.90. The molecule has 0 fully saturated rings. The summed E-state index contributed by atoms with van der Waals surface area (Å²) in [7, 11) is -3.61.